The predicted octanol–water partition coefficient (Wildman–Crippen LogP) is 23.7. The van der Waals surface area contributed by atoms with Gasteiger partial charge in [0, 0.05) is 25.7 Å². The number of allylic oxidation sites excluding steroid dienone is 22. The molecule has 0 fully saturated rings. The Morgan fingerprint density at radius 2 is 0.519 bits per heavy atom. The maximum Gasteiger partial charge on any atom is 0.472 e. The van der Waals surface area contributed by atoms with Crippen molar-refractivity contribution in [2.24, 2.45) is 0 Å². The van der Waals surface area contributed by atoms with Crippen LogP contribution in [0.15, 0.2) is 134 Å². The summed E-state index contributed by atoms with van der Waals surface area (Å²) in [5.41, 5.74) is 0. The van der Waals surface area contributed by atoms with Gasteiger partial charge in [0.15, 0.2) is 12.2 Å². The summed E-state index contributed by atoms with van der Waals surface area (Å²) in [7, 11) is -9.99. The lowest BCUT2D eigenvalue weighted by molar-refractivity contribution is -0.161. The Bertz CT molecular complexity index is 2490. The third-order valence-corrected chi connectivity index (χ3v) is 18.5. The van der Waals surface area contributed by atoms with E-state index in [0.29, 0.717) is 32.1 Å². The minimum atomic E-state index is -5.00. The molecule has 0 radical (unpaired) electrons. The number of unbranched alkanes of at least 4 members (excludes halogenated alkanes) is 27. The Morgan fingerprint density at radius 3 is 0.837 bits per heavy atom. The number of esters is 4. The van der Waals surface area contributed by atoms with Crippen LogP contribution in [0.4, 0.5) is 0 Å². The molecule has 0 aromatic carbocycles. The minimum absolute atomic E-state index is 0.0323. The van der Waals surface area contributed by atoms with Crippen molar-refractivity contribution in [2.75, 3.05) is 39.6 Å². The average Bonchev–Trinajstić information content (AvgIpc) is 0.911. The summed E-state index contributed by atoms with van der Waals surface area (Å²) < 4.78 is 68.5. The van der Waals surface area contributed by atoms with E-state index in [-0.39, 0.29) is 25.7 Å². The van der Waals surface area contributed by atoms with Crippen molar-refractivity contribution >= 4 is 39.5 Å². The third kappa shape index (κ3) is 75.4. The molecule has 0 spiro atoms. The highest BCUT2D eigenvalue weighted by atomic mass is 31.2. The number of carbonyl (C=O) groups is 4. The minimum Gasteiger partial charge on any atom is -0.462 e. The number of aliphatic hydroxyl groups excluding tert-OH is 1. The molecule has 5 atom stereocenters. The van der Waals surface area contributed by atoms with Crippen LogP contribution >= 0.6 is 15.6 Å². The van der Waals surface area contributed by atoms with Gasteiger partial charge in [0.2, 0.25) is 0 Å². The molecule has 0 aliphatic carbocycles. The molecule has 0 aliphatic heterocycles. The number of ether oxygens (including phenoxy) is 4. The van der Waals surface area contributed by atoms with Crippen LogP contribution in [0.3, 0.4) is 0 Å². The van der Waals surface area contributed by atoms with Gasteiger partial charge >= 0.3 is 39.5 Å². The molecule has 19 heteroatoms. The molecule has 104 heavy (non-hydrogen) atoms. The van der Waals surface area contributed by atoms with Crippen LogP contribution in [0.5, 0.6) is 0 Å². The lowest BCUT2D eigenvalue weighted by Crippen LogP contribution is -2.30. The molecular formula is C85H144O17P2. The maximum absolute atomic E-state index is 13.1. The second-order valence-corrected chi connectivity index (χ2v) is 29.5. The molecule has 0 saturated carbocycles. The van der Waals surface area contributed by atoms with Crippen molar-refractivity contribution < 1.29 is 80.2 Å². The Labute approximate surface area is 631 Å². The van der Waals surface area contributed by atoms with E-state index in [4.69, 9.17) is 37.0 Å². The first-order valence-electron chi connectivity index (χ1n) is 40.4. The average molecular weight is 1500 g/mol. The van der Waals surface area contributed by atoms with Crippen LogP contribution in [-0.4, -0.2) is 96.7 Å². The molecule has 0 rings (SSSR count). The van der Waals surface area contributed by atoms with Crippen molar-refractivity contribution in [1.29, 1.82) is 0 Å². The Hall–Kier alpha value is -4.80. The summed E-state index contributed by atoms with van der Waals surface area (Å²) in [5.74, 6) is -2.30. The number of rotatable bonds is 75. The Balaban J connectivity index is 5.43. The first kappa shape index (κ1) is 99.2. The standard InChI is InChI=1S/C85H144O17P2/c1-5-9-13-17-21-25-29-33-36-38-39-41-44-47-50-54-58-62-66-70-83(88)96-76-81(102-85(90)72-68-64-60-56-52-48-42-35-31-27-23-19-15-11-7-3)78-100-104(93,94)98-74-79(86)73-97-103(91,92)99-77-80(101-84(89)71-67-63-59-55-51-45-32-28-24-20-16-12-8-4)75-95-82(87)69-65-61-57-53-49-46-43-40-37-34-30-26-22-18-14-10-6-2/h9-10,13-14,21-22,25-26,33-37,39,41-43,46-47,50,58,62,79-81,86H,5-8,11-12,15-20,23-24,27-32,38,40,44-45,48-49,51-57,59-61,63-78H2,1-4H3,(H,91,92)(H,93,94)/b13-9-,14-10-,25-21-,26-22-,36-33-,37-34-,41-39-,42-35-,46-43-,50-47-,62-58-. The van der Waals surface area contributed by atoms with Gasteiger partial charge in [-0.3, -0.25) is 37.3 Å². The fourth-order valence-corrected chi connectivity index (χ4v) is 12.1. The number of phosphoric acid groups is 2. The van der Waals surface area contributed by atoms with Crippen molar-refractivity contribution in [2.45, 2.75) is 341 Å². The predicted molar refractivity (Wildman–Crippen MR) is 427 cm³/mol. The quantitative estimate of drug-likeness (QED) is 0.0169. The van der Waals surface area contributed by atoms with Crippen LogP contribution in [0, 0.1) is 0 Å². The van der Waals surface area contributed by atoms with Gasteiger partial charge < -0.3 is 33.8 Å². The number of hydrogen-bond acceptors (Lipinski definition) is 15. The van der Waals surface area contributed by atoms with Crippen LogP contribution < -0.4 is 0 Å². The molecule has 0 saturated heterocycles. The molecule has 5 unspecified atom stereocenters. The maximum atomic E-state index is 13.1. The van der Waals surface area contributed by atoms with Crippen molar-refractivity contribution in [3.05, 3.63) is 134 Å². The Morgan fingerprint density at radius 1 is 0.279 bits per heavy atom. The first-order valence-corrected chi connectivity index (χ1v) is 43.4. The van der Waals surface area contributed by atoms with Gasteiger partial charge in [-0.1, -0.05) is 303 Å². The molecule has 17 nitrogen and oxygen atoms in total. The fraction of sp³-hybridized carbons (Fsp3) is 0.694. The molecule has 0 aromatic rings. The second-order valence-electron chi connectivity index (χ2n) is 26.6. The third-order valence-electron chi connectivity index (χ3n) is 16.6. The molecular weight excluding hydrogens is 1350 g/mol. The summed E-state index contributed by atoms with van der Waals surface area (Å²) in [4.78, 5) is 73.0. The molecule has 0 heterocycles. The summed E-state index contributed by atoms with van der Waals surface area (Å²) in [5, 5.41) is 10.6. The van der Waals surface area contributed by atoms with E-state index >= 15 is 0 Å². The normalized spacial score (nSPS) is 14.6. The smallest absolute Gasteiger partial charge is 0.462 e. The molecule has 596 valence electrons. The van der Waals surface area contributed by atoms with Crippen LogP contribution in [0.25, 0.3) is 0 Å². The van der Waals surface area contributed by atoms with Crippen molar-refractivity contribution in [3.8, 4) is 0 Å². The highest BCUT2D eigenvalue weighted by molar-refractivity contribution is 7.47. The summed E-state index contributed by atoms with van der Waals surface area (Å²) in [6.07, 6.45) is 85.8. The largest absolute Gasteiger partial charge is 0.472 e. The van der Waals surface area contributed by atoms with Gasteiger partial charge in [-0.15, -0.1) is 0 Å². The lowest BCUT2D eigenvalue weighted by atomic mass is 10.0. The monoisotopic (exact) mass is 1500 g/mol. The number of carbonyl (C=O) groups excluding carboxylic acids is 4. The lowest BCUT2D eigenvalue weighted by Gasteiger charge is -2.21. The molecule has 3 N–H and O–H groups in total. The fourth-order valence-electron chi connectivity index (χ4n) is 10.5. The topological polar surface area (TPSA) is 237 Å². The van der Waals surface area contributed by atoms with Gasteiger partial charge in [0.25, 0.3) is 0 Å². The van der Waals surface area contributed by atoms with Crippen molar-refractivity contribution in [1.82, 2.24) is 0 Å². The van der Waals surface area contributed by atoms with Gasteiger partial charge in [-0.25, -0.2) is 9.13 Å². The van der Waals surface area contributed by atoms with Gasteiger partial charge in [0.05, 0.1) is 26.4 Å². The molecule has 0 aromatic heterocycles. The summed E-state index contributed by atoms with van der Waals surface area (Å²) >= 11 is 0. The van der Waals surface area contributed by atoms with Crippen LogP contribution in [0.2, 0.25) is 0 Å². The zero-order valence-corrected chi connectivity index (χ0v) is 66.9. The second kappa shape index (κ2) is 76.4. The molecule has 0 amide bonds. The number of phosphoric ester groups is 2. The van der Waals surface area contributed by atoms with E-state index in [0.717, 1.165) is 148 Å². The van der Waals surface area contributed by atoms with E-state index in [1.54, 1.807) is 0 Å². The van der Waals surface area contributed by atoms with E-state index in [1.807, 2.05) is 18.2 Å². The summed E-state index contributed by atoms with van der Waals surface area (Å²) in [6.45, 7) is 4.54. The highest BCUT2D eigenvalue weighted by Gasteiger charge is 2.30. The number of aliphatic hydroxyl groups is 1. The van der Waals surface area contributed by atoms with Gasteiger partial charge in [-0.05, 0) is 128 Å². The van der Waals surface area contributed by atoms with Gasteiger partial charge in [-0.2, -0.15) is 0 Å². The molecule has 0 aliphatic rings. The zero-order valence-electron chi connectivity index (χ0n) is 65.2. The first-order chi connectivity index (χ1) is 50.7. The van der Waals surface area contributed by atoms with Crippen LogP contribution in [0.1, 0.15) is 323 Å². The highest BCUT2D eigenvalue weighted by Crippen LogP contribution is 2.45. The van der Waals surface area contributed by atoms with E-state index in [1.165, 1.54) is 89.9 Å². The zero-order chi connectivity index (χ0) is 76.0. The van der Waals surface area contributed by atoms with Crippen LogP contribution in [-0.2, 0) is 65.4 Å². The SMILES string of the molecule is CC/C=C\C/C=C\C/C=C\C/C=C\C/C=C\C/C=C\CCC(=O)OCC(COP(=O)(O)OCC(O)COP(=O)(O)OCC(COC(=O)CCCCCC/C=C\C/C=C\C/C=C\C/C=C\CC)OC(=O)CCCCCCCCCCCCCCC)OC(=O)CCCCCCC/C=C\CCCCCCCC. The van der Waals surface area contributed by atoms with E-state index in [2.05, 4.69) is 143 Å². The van der Waals surface area contributed by atoms with E-state index < -0.39 is 97.5 Å². The van der Waals surface area contributed by atoms with E-state index in [9.17, 15) is 43.2 Å². The summed E-state index contributed by atoms with van der Waals surface area (Å²) in [6, 6.07) is 0. The molecule has 0 bridgehead atoms. The Kier molecular flexibility index (Phi) is 72.9. The number of hydrogen-bond donors (Lipinski definition) is 3. The van der Waals surface area contributed by atoms with Crippen molar-refractivity contribution in [3.63, 3.8) is 0 Å². The van der Waals surface area contributed by atoms with Gasteiger partial charge in [0.1, 0.15) is 19.3 Å².